The van der Waals surface area contributed by atoms with Crippen LogP contribution in [0, 0.1) is 5.82 Å². The van der Waals surface area contributed by atoms with E-state index in [1.807, 2.05) is 13.0 Å². The fourth-order valence-electron chi connectivity index (χ4n) is 3.03. The number of fused-ring (bicyclic) bond motifs is 1. The van der Waals surface area contributed by atoms with Crippen molar-refractivity contribution in [2.75, 3.05) is 0 Å². The van der Waals surface area contributed by atoms with E-state index in [9.17, 15) is 12.8 Å². The van der Waals surface area contributed by atoms with Crippen LogP contribution in [0.2, 0.25) is 0 Å². The fraction of sp³-hybridized carbons (Fsp3) is 0.316. The van der Waals surface area contributed by atoms with E-state index in [4.69, 9.17) is 0 Å². The van der Waals surface area contributed by atoms with Gasteiger partial charge in [0.05, 0.1) is 11.4 Å². The van der Waals surface area contributed by atoms with Gasteiger partial charge in [-0.15, -0.1) is 0 Å². The molecule has 0 bridgehead atoms. The van der Waals surface area contributed by atoms with Crippen molar-refractivity contribution in [3.63, 3.8) is 0 Å². The summed E-state index contributed by atoms with van der Waals surface area (Å²) in [6, 6.07) is 11.5. The lowest BCUT2D eigenvalue weighted by Gasteiger charge is -2.13. The summed E-state index contributed by atoms with van der Waals surface area (Å²) in [7, 11) is -3.50. The first kappa shape index (κ1) is 16.4. The van der Waals surface area contributed by atoms with Crippen molar-refractivity contribution in [3.8, 4) is 0 Å². The molecule has 0 unspecified atom stereocenters. The maximum absolute atomic E-state index is 13.0. The molecule has 1 fully saturated rings. The molecule has 1 heterocycles. The van der Waals surface area contributed by atoms with E-state index in [1.54, 1.807) is 24.3 Å². The number of hydrogen-bond acceptors (Lipinski definition) is 3. The second-order valence-corrected chi connectivity index (χ2v) is 8.73. The second-order valence-electron chi connectivity index (χ2n) is 7.05. The molecule has 4 nitrogen and oxygen atoms in total. The highest BCUT2D eigenvalue weighted by Crippen LogP contribution is 2.36. The molecule has 0 spiro atoms. The van der Waals surface area contributed by atoms with Gasteiger partial charge in [-0.2, -0.15) is 0 Å². The molecule has 1 aliphatic carbocycles. The first-order chi connectivity index (χ1) is 11.8. The molecule has 0 radical (unpaired) electrons. The normalized spacial score (nSPS) is 17.9. The fourth-order valence-corrected chi connectivity index (χ4v) is 4.55. The van der Waals surface area contributed by atoms with Gasteiger partial charge in [-0.05, 0) is 55.2 Å². The minimum absolute atomic E-state index is 0.260. The lowest BCUT2D eigenvalue weighted by molar-refractivity contribution is 0.558. The Hall–Kier alpha value is -2.05. The van der Waals surface area contributed by atoms with Gasteiger partial charge < -0.3 is 0 Å². The molecule has 1 saturated carbocycles. The van der Waals surface area contributed by atoms with Crippen molar-refractivity contribution in [2.45, 2.75) is 43.2 Å². The summed E-state index contributed by atoms with van der Waals surface area (Å²) in [6.45, 7) is 2.40. The monoisotopic (exact) mass is 358 g/mol. The van der Waals surface area contributed by atoms with Crippen LogP contribution in [0.5, 0.6) is 0 Å². The van der Waals surface area contributed by atoms with Crippen molar-refractivity contribution in [1.29, 1.82) is 0 Å². The molecule has 0 saturated heterocycles. The summed E-state index contributed by atoms with van der Waals surface area (Å²) in [4.78, 5) is 4.83. The smallest absolute Gasteiger partial charge is 0.241 e. The van der Waals surface area contributed by atoms with Gasteiger partial charge >= 0.3 is 0 Å². The summed E-state index contributed by atoms with van der Waals surface area (Å²) in [5, 5.41) is 0. The molecule has 2 aliphatic rings. The highest BCUT2D eigenvalue weighted by atomic mass is 32.2. The zero-order chi connectivity index (χ0) is 17.7. The predicted molar refractivity (Wildman–Crippen MR) is 94.7 cm³/mol. The van der Waals surface area contributed by atoms with Crippen molar-refractivity contribution in [3.05, 3.63) is 65.0 Å². The van der Waals surface area contributed by atoms with Crippen LogP contribution in [0.3, 0.4) is 0 Å². The Morgan fingerprint density at radius 3 is 2.56 bits per heavy atom. The summed E-state index contributed by atoms with van der Waals surface area (Å²) < 4.78 is 40.8. The van der Waals surface area contributed by atoms with Gasteiger partial charge in [-0.25, -0.2) is 17.5 Å². The van der Waals surface area contributed by atoms with Crippen LogP contribution in [0.25, 0.3) is 0 Å². The molecule has 25 heavy (non-hydrogen) atoms. The van der Waals surface area contributed by atoms with E-state index in [0.29, 0.717) is 13.0 Å². The van der Waals surface area contributed by atoms with Gasteiger partial charge in [0.15, 0.2) is 0 Å². The average Bonchev–Trinajstić information content (AvgIpc) is 3.15. The highest BCUT2D eigenvalue weighted by Gasteiger charge is 2.41. The molecular formula is C19H19FN2O2S. The van der Waals surface area contributed by atoms with Crippen LogP contribution in [0.15, 0.2) is 52.4 Å². The predicted octanol–water partition coefficient (Wildman–Crippen LogP) is 3.20. The van der Waals surface area contributed by atoms with E-state index in [2.05, 4.69) is 9.71 Å². The quantitative estimate of drug-likeness (QED) is 0.892. The topological polar surface area (TPSA) is 58.5 Å². The van der Waals surface area contributed by atoms with Crippen LogP contribution >= 0.6 is 0 Å². The molecule has 2 aromatic carbocycles. The third-order valence-electron chi connectivity index (χ3n) is 4.80. The Bertz CT molecular complexity index is 961. The molecule has 130 valence electrons. The Morgan fingerprint density at radius 1 is 1.16 bits per heavy atom. The van der Waals surface area contributed by atoms with Crippen LogP contribution < -0.4 is 4.72 Å². The molecule has 1 N–H and O–H groups in total. The van der Waals surface area contributed by atoms with E-state index < -0.39 is 10.0 Å². The highest BCUT2D eigenvalue weighted by molar-refractivity contribution is 7.89. The van der Waals surface area contributed by atoms with Crippen molar-refractivity contribution < 1.29 is 12.8 Å². The van der Waals surface area contributed by atoms with E-state index >= 15 is 0 Å². The summed E-state index contributed by atoms with van der Waals surface area (Å²) in [5.41, 5.74) is 3.49. The van der Waals surface area contributed by atoms with E-state index in [0.717, 1.165) is 35.2 Å². The molecule has 0 atom stereocenters. The SMILES string of the molecule is CC1(NS(=O)(=O)c2ccc3c(c2)CN=C3Cc2ccc(F)cc2)CC1. The number of hydrogen-bond donors (Lipinski definition) is 1. The number of benzene rings is 2. The van der Waals surface area contributed by atoms with E-state index in [1.165, 1.54) is 12.1 Å². The third-order valence-corrected chi connectivity index (χ3v) is 6.44. The Morgan fingerprint density at radius 2 is 1.88 bits per heavy atom. The molecule has 4 rings (SSSR count). The third kappa shape index (κ3) is 3.37. The summed E-state index contributed by atoms with van der Waals surface area (Å²) in [6.07, 6.45) is 2.36. The lowest BCUT2D eigenvalue weighted by atomic mass is 10.0. The van der Waals surface area contributed by atoms with Gasteiger partial charge in [0.25, 0.3) is 0 Å². The number of nitrogens with one attached hydrogen (secondary N) is 1. The number of rotatable bonds is 5. The first-order valence-electron chi connectivity index (χ1n) is 8.30. The molecule has 6 heteroatoms. The van der Waals surface area contributed by atoms with Gasteiger partial charge in [-0.1, -0.05) is 18.2 Å². The zero-order valence-corrected chi connectivity index (χ0v) is 14.7. The average molecular weight is 358 g/mol. The largest absolute Gasteiger partial charge is 0.284 e. The first-order valence-corrected chi connectivity index (χ1v) is 9.78. The van der Waals surface area contributed by atoms with E-state index in [-0.39, 0.29) is 16.3 Å². The number of halogens is 1. The maximum Gasteiger partial charge on any atom is 0.241 e. The molecule has 0 aromatic heterocycles. The van der Waals surface area contributed by atoms with Gasteiger partial charge in [-0.3, -0.25) is 4.99 Å². The van der Waals surface area contributed by atoms with Gasteiger partial charge in [0.2, 0.25) is 10.0 Å². The Labute approximate surface area is 146 Å². The second kappa shape index (κ2) is 5.75. The maximum atomic E-state index is 13.0. The number of aliphatic imine (C=N–C) groups is 1. The van der Waals surface area contributed by atoms with Crippen molar-refractivity contribution in [2.24, 2.45) is 4.99 Å². The number of nitrogens with zero attached hydrogens (tertiary/aromatic N) is 1. The van der Waals surface area contributed by atoms with Gasteiger partial charge in [0.1, 0.15) is 5.82 Å². The molecule has 1 aliphatic heterocycles. The van der Waals surface area contributed by atoms with Crippen LogP contribution in [-0.4, -0.2) is 19.7 Å². The zero-order valence-electron chi connectivity index (χ0n) is 13.9. The standard InChI is InChI=1S/C19H19FN2O2S/c1-19(8-9-19)22-25(23,24)16-6-7-17-14(11-16)12-21-18(17)10-13-2-4-15(20)5-3-13/h2-7,11,22H,8-10,12H2,1H3. The number of sulfonamides is 1. The van der Waals surface area contributed by atoms with Crippen LogP contribution in [0.4, 0.5) is 4.39 Å². The van der Waals surface area contributed by atoms with Gasteiger partial charge in [0, 0.05) is 23.2 Å². The summed E-state index contributed by atoms with van der Waals surface area (Å²) in [5.74, 6) is -0.260. The lowest BCUT2D eigenvalue weighted by Crippen LogP contribution is -2.34. The Kier molecular flexibility index (Phi) is 3.77. The minimum atomic E-state index is -3.50. The molecular weight excluding hydrogens is 339 g/mol. The van der Waals surface area contributed by atoms with Crippen LogP contribution in [-0.2, 0) is 23.0 Å². The molecule has 2 aromatic rings. The van der Waals surface area contributed by atoms with Crippen molar-refractivity contribution in [1.82, 2.24) is 4.72 Å². The van der Waals surface area contributed by atoms with Crippen LogP contribution in [0.1, 0.15) is 36.5 Å². The Balaban J connectivity index is 1.56. The molecule has 0 amide bonds. The minimum Gasteiger partial charge on any atom is -0.284 e. The summed E-state index contributed by atoms with van der Waals surface area (Å²) >= 11 is 0. The van der Waals surface area contributed by atoms with Crippen molar-refractivity contribution >= 4 is 15.7 Å².